The summed E-state index contributed by atoms with van der Waals surface area (Å²) in [6.45, 7) is 2.57. The number of hydrogen-bond acceptors (Lipinski definition) is 7. The number of phosphoric ester groups is 1. The highest BCUT2D eigenvalue weighted by Gasteiger charge is 2.36. The average molecular weight is 440 g/mol. The molecule has 160 valence electrons. The molecule has 3 N–H and O–H groups in total. The van der Waals surface area contributed by atoms with Crippen LogP contribution in [-0.2, 0) is 32.3 Å². The highest BCUT2D eigenvalue weighted by Crippen LogP contribution is 2.61. The van der Waals surface area contributed by atoms with Gasteiger partial charge < -0.3 is 15.1 Å². The molecule has 28 heavy (non-hydrogen) atoms. The van der Waals surface area contributed by atoms with Crippen LogP contribution in [0.15, 0.2) is 12.2 Å². The zero-order chi connectivity index (χ0) is 21.4. The van der Waals surface area contributed by atoms with Crippen LogP contribution in [0.2, 0.25) is 0 Å². The third kappa shape index (κ3) is 8.77. The normalized spacial score (nSPS) is 18.4. The summed E-state index contributed by atoms with van der Waals surface area (Å²) in [6, 6.07) is 0. The Morgan fingerprint density at radius 3 is 2.32 bits per heavy atom. The van der Waals surface area contributed by atoms with E-state index in [2.05, 4.69) is 14.2 Å². The molecule has 0 aromatic heterocycles. The number of carbonyl (C=O) groups is 3. The standard InChI is InChI=1S/C15H26N2O9P2/c1-12(2)27(21,22)26-28(23,24)25-11-9-16-13(18)6-4-3-5-10-17-14(19)7-8-15(17)20/h7-8,12H,3-6,9-11H2,1-2H3,(H,16,18)(H,21,22)(H,23,24). The van der Waals surface area contributed by atoms with Gasteiger partial charge in [-0.15, -0.1) is 0 Å². The first-order valence-corrected chi connectivity index (χ1v) is 11.9. The maximum atomic E-state index is 11.7. The smallest absolute Gasteiger partial charge is 0.354 e. The number of nitrogens with one attached hydrogen (secondary N) is 1. The van der Waals surface area contributed by atoms with E-state index in [-0.39, 0.29) is 37.3 Å². The third-order valence-electron chi connectivity index (χ3n) is 3.74. The van der Waals surface area contributed by atoms with E-state index in [0.717, 1.165) is 4.90 Å². The fourth-order valence-corrected chi connectivity index (χ4v) is 4.54. The Hall–Kier alpha value is -1.35. The number of nitrogens with zero attached hydrogens (tertiary/aromatic N) is 1. The van der Waals surface area contributed by atoms with Gasteiger partial charge in [-0.1, -0.05) is 20.3 Å². The molecule has 13 heteroatoms. The number of hydrogen-bond donors (Lipinski definition) is 3. The predicted octanol–water partition coefficient (Wildman–Crippen LogP) is 1.32. The summed E-state index contributed by atoms with van der Waals surface area (Å²) in [4.78, 5) is 54.3. The molecule has 1 rings (SSSR count). The van der Waals surface area contributed by atoms with Crippen molar-refractivity contribution in [2.75, 3.05) is 19.7 Å². The molecule has 11 nitrogen and oxygen atoms in total. The Morgan fingerprint density at radius 1 is 1.14 bits per heavy atom. The number of unbranched alkanes of at least 4 members (excludes halogenated alkanes) is 2. The van der Waals surface area contributed by atoms with Gasteiger partial charge in [0.2, 0.25) is 5.91 Å². The molecule has 0 aromatic carbocycles. The molecule has 1 aliphatic rings. The van der Waals surface area contributed by atoms with Crippen LogP contribution >= 0.6 is 15.4 Å². The number of carbonyl (C=O) groups excluding carboxylic acids is 3. The van der Waals surface area contributed by atoms with Gasteiger partial charge in [-0.2, -0.15) is 0 Å². The second-order valence-corrected chi connectivity index (χ2v) is 10.4. The van der Waals surface area contributed by atoms with Crippen molar-refractivity contribution < 1.29 is 42.1 Å². The van der Waals surface area contributed by atoms with Gasteiger partial charge in [0.25, 0.3) is 11.8 Å². The first-order chi connectivity index (χ1) is 12.9. The lowest BCUT2D eigenvalue weighted by Gasteiger charge is -2.18. The molecule has 0 fully saturated rings. The molecular weight excluding hydrogens is 414 g/mol. The maximum Gasteiger partial charge on any atom is 0.479 e. The summed E-state index contributed by atoms with van der Waals surface area (Å²) in [5.74, 6) is -0.972. The van der Waals surface area contributed by atoms with Crippen molar-refractivity contribution >= 4 is 33.1 Å². The second kappa shape index (κ2) is 11.0. The highest BCUT2D eigenvalue weighted by atomic mass is 31.3. The van der Waals surface area contributed by atoms with E-state index in [4.69, 9.17) is 0 Å². The van der Waals surface area contributed by atoms with Gasteiger partial charge in [0.1, 0.15) is 0 Å². The molecule has 0 aromatic rings. The lowest BCUT2D eigenvalue weighted by molar-refractivity contribution is -0.137. The minimum absolute atomic E-state index is 0.0768. The molecule has 0 saturated heterocycles. The monoisotopic (exact) mass is 440 g/mol. The second-order valence-electron chi connectivity index (χ2n) is 6.36. The first-order valence-electron chi connectivity index (χ1n) is 8.76. The summed E-state index contributed by atoms with van der Waals surface area (Å²) in [5.41, 5.74) is -0.866. The number of amides is 3. The van der Waals surface area contributed by atoms with Crippen molar-refractivity contribution in [3.63, 3.8) is 0 Å². The predicted molar refractivity (Wildman–Crippen MR) is 99.2 cm³/mol. The van der Waals surface area contributed by atoms with E-state index in [1.165, 1.54) is 26.0 Å². The van der Waals surface area contributed by atoms with Gasteiger partial charge in [-0.3, -0.25) is 28.4 Å². The Kier molecular flexibility index (Phi) is 9.69. The van der Waals surface area contributed by atoms with Crippen molar-refractivity contribution in [3.8, 4) is 0 Å². The number of rotatable bonds is 13. The van der Waals surface area contributed by atoms with E-state index in [1.807, 2.05) is 0 Å². The Bertz CT molecular complexity index is 690. The summed E-state index contributed by atoms with van der Waals surface area (Å²) in [6.07, 6.45) is 4.40. The van der Waals surface area contributed by atoms with Crippen molar-refractivity contribution in [3.05, 3.63) is 12.2 Å². The van der Waals surface area contributed by atoms with Crippen LogP contribution in [-0.4, -0.2) is 57.8 Å². The lowest BCUT2D eigenvalue weighted by Crippen LogP contribution is -2.31. The molecule has 1 aliphatic heterocycles. The van der Waals surface area contributed by atoms with E-state index >= 15 is 0 Å². The van der Waals surface area contributed by atoms with Gasteiger partial charge in [0, 0.05) is 31.7 Å². The minimum Gasteiger partial charge on any atom is -0.354 e. The molecule has 2 unspecified atom stereocenters. The van der Waals surface area contributed by atoms with E-state index in [9.17, 15) is 33.3 Å². The van der Waals surface area contributed by atoms with Crippen molar-refractivity contribution in [1.82, 2.24) is 10.2 Å². The third-order valence-corrected chi connectivity index (χ3v) is 7.31. The summed E-state index contributed by atoms with van der Waals surface area (Å²) in [5, 5.41) is 2.48. The van der Waals surface area contributed by atoms with Gasteiger partial charge in [0.05, 0.1) is 12.3 Å². The Morgan fingerprint density at radius 2 is 1.75 bits per heavy atom. The molecule has 2 atom stereocenters. The molecule has 0 bridgehead atoms. The quantitative estimate of drug-likeness (QED) is 0.218. The van der Waals surface area contributed by atoms with Crippen LogP contribution in [0.1, 0.15) is 39.5 Å². The van der Waals surface area contributed by atoms with E-state index < -0.39 is 21.1 Å². The zero-order valence-electron chi connectivity index (χ0n) is 15.8. The fourth-order valence-electron chi connectivity index (χ4n) is 2.09. The first kappa shape index (κ1) is 24.7. The van der Waals surface area contributed by atoms with Crippen LogP contribution in [0.25, 0.3) is 0 Å². The molecule has 0 aliphatic carbocycles. The molecule has 0 saturated carbocycles. The van der Waals surface area contributed by atoms with Gasteiger partial charge in [-0.05, 0) is 12.8 Å². The number of imide groups is 1. The number of phosphoric acid groups is 1. The van der Waals surface area contributed by atoms with Crippen molar-refractivity contribution in [2.24, 2.45) is 0 Å². The van der Waals surface area contributed by atoms with E-state index in [1.54, 1.807) is 0 Å². The molecule has 0 radical (unpaired) electrons. The maximum absolute atomic E-state index is 11.7. The van der Waals surface area contributed by atoms with Crippen LogP contribution < -0.4 is 5.32 Å². The summed E-state index contributed by atoms with van der Waals surface area (Å²) in [7, 11) is -8.97. The van der Waals surface area contributed by atoms with Crippen molar-refractivity contribution in [2.45, 2.75) is 45.2 Å². The van der Waals surface area contributed by atoms with Crippen LogP contribution in [0.3, 0.4) is 0 Å². The van der Waals surface area contributed by atoms with Crippen molar-refractivity contribution in [1.29, 1.82) is 0 Å². The topological polar surface area (TPSA) is 160 Å². The summed E-state index contributed by atoms with van der Waals surface area (Å²) < 4.78 is 32.0. The largest absolute Gasteiger partial charge is 0.479 e. The molecular formula is C15H26N2O9P2. The van der Waals surface area contributed by atoms with Gasteiger partial charge in [0.15, 0.2) is 0 Å². The van der Waals surface area contributed by atoms with Crippen LogP contribution in [0.4, 0.5) is 0 Å². The average Bonchev–Trinajstić information content (AvgIpc) is 2.89. The van der Waals surface area contributed by atoms with Gasteiger partial charge in [-0.25, -0.2) is 8.88 Å². The Balaban J connectivity index is 2.12. The van der Waals surface area contributed by atoms with Gasteiger partial charge >= 0.3 is 15.4 Å². The van der Waals surface area contributed by atoms with Crippen LogP contribution in [0, 0.1) is 0 Å². The molecule has 1 heterocycles. The zero-order valence-corrected chi connectivity index (χ0v) is 17.6. The molecule has 0 spiro atoms. The fraction of sp³-hybridized carbons (Fsp3) is 0.667. The summed E-state index contributed by atoms with van der Waals surface area (Å²) >= 11 is 0. The van der Waals surface area contributed by atoms with Crippen LogP contribution in [0.5, 0.6) is 0 Å². The minimum atomic E-state index is -4.71. The highest BCUT2D eigenvalue weighted by molar-refractivity contribution is 7.64. The SMILES string of the molecule is CC(C)P(=O)(O)OP(=O)(O)OCCNC(=O)CCCCCN1C(=O)C=CC1=O. The van der Waals surface area contributed by atoms with E-state index in [0.29, 0.717) is 25.8 Å². The Labute approximate surface area is 163 Å². The molecule has 3 amide bonds. The lowest BCUT2D eigenvalue weighted by atomic mass is 10.2.